The lowest BCUT2D eigenvalue weighted by molar-refractivity contribution is -0.136. The summed E-state index contributed by atoms with van der Waals surface area (Å²) in [6.45, 7) is 0. The van der Waals surface area contributed by atoms with Crippen LogP contribution in [-0.2, 0) is 11.2 Å². The lowest BCUT2D eigenvalue weighted by Crippen LogP contribution is -1.97. The first-order valence-electron chi connectivity index (χ1n) is 5.93. The van der Waals surface area contributed by atoms with Crippen molar-refractivity contribution in [2.75, 3.05) is 0 Å². The molecule has 0 amide bonds. The summed E-state index contributed by atoms with van der Waals surface area (Å²) in [5.74, 6) is -0.804. The first-order chi connectivity index (χ1) is 9.47. The van der Waals surface area contributed by atoms with E-state index in [2.05, 4.69) is 0 Å². The molecule has 0 spiro atoms. The van der Waals surface area contributed by atoms with E-state index in [1.54, 1.807) is 12.1 Å². The minimum atomic E-state index is -0.804. The Labute approximate surface area is 131 Å². The Morgan fingerprint density at radius 3 is 2.15 bits per heavy atom. The molecule has 2 rings (SSSR count). The van der Waals surface area contributed by atoms with Crippen LogP contribution in [0, 0.1) is 0 Å². The summed E-state index contributed by atoms with van der Waals surface area (Å²) in [5.41, 5.74) is 2.67. The van der Waals surface area contributed by atoms with Gasteiger partial charge in [0.1, 0.15) is 0 Å². The third-order valence-corrected chi connectivity index (χ3v) is 3.94. The van der Waals surface area contributed by atoms with E-state index in [0.29, 0.717) is 21.5 Å². The number of carbonyl (C=O) groups is 1. The van der Waals surface area contributed by atoms with Crippen LogP contribution in [0.2, 0.25) is 15.1 Å². The molecule has 2 aromatic carbocycles. The largest absolute Gasteiger partial charge is 0.481 e. The highest BCUT2D eigenvalue weighted by Crippen LogP contribution is 2.35. The van der Waals surface area contributed by atoms with Gasteiger partial charge in [0.25, 0.3) is 0 Å². The van der Waals surface area contributed by atoms with Crippen molar-refractivity contribution in [2.24, 2.45) is 0 Å². The maximum atomic E-state index is 10.5. The number of rotatable bonds is 4. The van der Waals surface area contributed by atoms with Gasteiger partial charge in [0, 0.05) is 17.0 Å². The molecule has 0 fully saturated rings. The average Bonchev–Trinajstić information content (AvgIpc) is 2.41. The van der Waals surface area contributed by atoms with Gasteiger partial charge in [0.15, 0.2) is 0 Å². The van der Waals surface area contributed by atoms with Gasteiger partial charge >= 0.3 is 5.97 Å². The molecular weight excluding hydrogens is 319 g/mol. The number of benzene rings is 2. The van der Waals surface area contributed by atoms with Crippen LogP contribution in [0.25, 0.3) is 11.1 Å². The number of aryl methyl sites for hydroxylation is 1. The second kappa shape index (κ2) is 6.49. The smallest absolute Gasteiger partial charge is 0.303 e. The molecule has 104 valence electrons. The third-order valence-electron chi connectivity index (χ3n) is 2.90. The summed E-state index contributed by atoms with van der Waals surface area (Å²) in [6, 6.07) is 10.9. The number of halogens is 3. The Morgan fingerprint density at radius 2 is 1.55 bits per heavy atom. The second-order valence-corrected chi connectivity index (χ2v) is 5.56. The first-order valence-corrected chi connectivity index (χ1v) is 7.06. The molecule has 0 radical (unpaired) electrons. The predicted molar refractivity (Wildman–Crippen MR) is 82.9 cm³/mol. The number of carboxylic acids is 1. The van der Waals surface area contributed by atoms with Crippen LogP contribution in [0.1, 0.15) is 12.0 Å². The molecule has 2 nitrogen and oxygen atoms in total. The van der Waals surface area contributed by atoms with E-state index in [4.69, 9.17) is 39.9 Å². The quantitative estimate of drug-likeness (QED) is 0.770. The predicted octanol–water partition coefficient (Wildman–Crippen LogP) is 5.33. The molecule has 0 unspecified atom stereocenters. The van der Waals surface area contributed by atoms with Crippen LogP contribution in [-0.4, -0.2) is 11.1 Å². The first kappa shape index (κ1) is 15.2. The van der Waals surface area contributed by atoms with Gasteiger partial charge in [-0.1, -0.05) is 59.1 Å². The molecule has 0 atom stereocenters. The Balaban J connectivity index is 2.26. The van der Waals surface area contributed by atoms with Gasteiger partial charge in [-0.05, 0) is 29.7 Å². The minimum Gasteiger partial charge on any atom is -0.481 e. The number of hydrogen-bond donors (Lipinski definition) is 1. The van der Waals surface area contributed by atoms with Gasteiger partial charge in [-0.15, -0.1) is 0 Å². The molecule has 0 bridgehead atoms. The standard InChI is InChI=1S/C15H11Cl3O2/c16-12-8-14(18)13(17)7-11(12)10-4-1-9(2-5-10)3-6-15(19)20/h1-2,4-5,7-8H,3,6H2,(H,19,20). The van der Waals surface area contributed by atoms with Gasteiger partial charge in [0.05, 0.1) is 10.0 Å². The van der Waals surface area contributed by atoms with E-state index < -0.39 is 5.97 Å². The number of carboxylic acid groups (broad SMARTS) is 1. The minimum absolute atomic E-state index is 0.118. The molecule has 1 N–H and O–H groups in total. The molecule has 0 aromatic heterocycles. The zero-order valence-electron chi connectivity index (χ0n) is 10.4. The molecular formula is C15H11Cl3O2. The van der Waals surface area contributed by atoms with E-state index in [1.165, 1.54) is 0 Å². The van der Waals surface area contributed by atoms with Crippen molar-refractivity contribution in [3.05, 3.63) is 57.0 Å². The van der Waals surface area contributed by atoms with Crippen molar-refractivity contribution in [3.8, 4) is 11.1 Å². The lowest BCUT2D eigenvalue weighted by Gasteiger charge is -2.08. The SMILES string of the molecule is O=C(O)CCc1ccc(-c2cc(Cl)c(Cl)cc2Cl)cc1. The maximum absolute atomic E-state index is 10.5. The number of hydrogen-bond acceptors (Lipinski definition) is 1. The fourth-order valence-electron chi connectivity index (χ4n) is 1.85. The van der Waals surface area contributed by atoms with Crippen LogP contribution in [0.3, 0.4) is 0 Å². The highest BCUT2D eigenvalue weighted by atomic mass is 35.5. The van der Waals surface area contributed by atoms with E-state index >= 15 is 0 Å². The van der Waals surface area contributed by atoms with Crippen molar-refractivity contribution >= 4 is 40.8 Å². The fourth-order valence-corrected chi connectivity index (χ4v) is 2.50. The zero-order valence-corrected chi connectivity index (χ0v) is 12.6. The number of aliphatic carboxylic acids is 1. The van der Waals surface area contributed by atoms with E-state index in [0.717, 1.165) is 16.7 Å². The summed E-state index contributed by atoms with van der Waals surface area (Å²) in [6.07, 6.45) is 0.623. The van der Waals surface area contributed by atoms with E-state index in [-0.39, 0.29) is 6.42 Å². The topological polar surface area (TPSA) is 37.3 Å². The van der Waals surface area contributed by atoms with E-state index in [9.17, 15) is 4.79 Å². The molecule has 0 aliphatic carbocycles. The fraction of sp³-hybridized carbons (Fsp3) is 0.133. The molecule has 0 heterocycles. The molecule has 0 aliphatic rings. The van der Waals surface area contributed by atoms with Crippen LogP contribution >= 0.6 is 34.8 Å². The van der Waals surface area contributed by atoms with Gasteiger partial charge in [0.2, 0.25) is 0 Å². The van der Waals surface area contributed by atoms with Gasteiger partial charge < -0.3 is 5.11 Å². The molecule has 0 saturated carbocycles. The zero-order chi connectivity index (χ0) is 14.7. The Morgan fingerprint density at radius 1 is 0.950 bits per heavy atom. The summed E-state index contributed by atoms with van der Waals surface area (Å²) < 4.78 is 0. The van der Waals surface area contributed by atoms with Crippen LogP contribution < -0.4 is 0 Å². The van der Waals surface area contributed by atoms with Gasteiger partial charge in [-0.3, -0.25) is 4.79 Å². The highest BCUT2D eigenvalue weighted by Gasteiger charge is 2.08. The van der Waals surface area contributed by atoms with Crippen LogP contribution in [0.5, 0.6) is 0 Å². The van der Waals surface area contributed by atoms with Gasteiger partial charge in [-0.2, -0.15) is 0 Å². The second-order valence-electron chi connectivity index (χ2n) is 4.34. The molecule has 0 saturated heterocycles. The van der Waals surface area contributed by atoms with Crippen molar-refractivity contribution in [1.82, 2.24) is 0 Å². The van der Waals surface area contributed by atoms with Crippen molar-refractivity contribution < 1.29 is 9.90 Å². The van der Waals surface area contributed by atoms with Gasteiger partial charge in [-0.25, -0.2) is 0 Å². The normalized spacial score (nSPS) is 10.6. The summed E-state index contributed by atoms with van der Waals surface area (Å²) in [4.78, 5) is 10.5. The van der Waals surface area contributed by atoms with Crippen molar-refractivity contribution in [1.29, 1.82) is 0 Å². The third kappa shape index (κ3) is 3.66. The Kier molecular flexibility index (Phi) is 4.92. The van der Waals surface area contributed by atoms with E-state index in [1.807, 2.05) is 24.3 Å². The Hall–Kier alpha value is -1.22. The Bertz CT molecular complexity index is 636. The highest BCUT2D eigenvalue weighted by molar-refractivity contribution is 6.44. The maximum Gasteiger partial charge on any atom is 0.303 e. The lowest BCUT2D eigenvalue weighted by atomic mass is 10.0. The molecule has 0 aliphatic heterocycles. The van der Waals surface area contributed by atoms with Crippen LogP contribution in [0.15, 0.2) is 36.4 Å². The van der Waals surface area contributed by atoms with Crippen molar-refractivity contribution in [3.63, 3.8) is 0 Å². The van der Waals surface area contributed by atoms with Crippen LogP contribution in [0.4, 0.5) is 0 Å². The monoisotopic (exact) mass is 328 g/mol. The van der Waals surface area contributed by atoms with Crippen molar-refractivity contribution in [2.45, 2.75) is 12.8 Å². The average molecular weight is 330 g/mol. The summed E-state index contributed by atoms with van der Waals surface area (Å²) >= 11 is 18.1. The summed E-state index contributed by atoms with van der Waals surface area (Å²) in [7, 11) is 0. The molecule has 20 heavy (non-hydrogen) atoms. The molecule has 5 heteroatoms. The molecule has 2 aromatic rings. The summed E-state index contributed by atoms with van der Waals surface area (Å²) in [5, 5.41) is 10.0.